The summed E-state index contributed by atoms with van der Waals surface area (Å²) in [5.74, 6) is 1.07. The monoisotopic (exact) mass is 533 g/mol. The van der Waals surface area contributed by atoms with Crippen LogP contribution in [0.5, 0.6) is 5.88 Å². The van der Waals surface area contributed by atoms with Crippen LogP contribution >= 0.6 is 11.6 Å². The molecule has 1 fully saturated rings. The molecule has 1 aliphatic rings. The van der Waals surface area contributed by atoms with Crippen molar-refractivity contribution >= 4 is 28.8 Å². The second-order valence-electron chi connectivity index (χ2n) is 8.70. The van der Waals surface area contributed by atoms with E-state index in [9.17, 15) is 22.0 Å². The number of halogens is 6. The van der Waals surface area contributed by atoms with Crippen LogP contribution in [0.15, 0.2) is 29.3 Å². The molecule has 0 radical (unpaired) electrons. The Morgan fingerprint density at radius 2 is 1.92 bits per heavy atom. The van der Waals surface area contributed by atoms with Crippen LogP contribution in [0.4, 0.5) is 33.3 Å². The van der Waals surface area contributed by atoms with Gasteiger partial charge in [-0.25, -0.2) is 9.98 Å². The van der Waals surface area contributed by atoms with E-state index >= 15 is 0 Å². The zero-order chi connectivity index (χ0) is 26.6. The van der Waals surface area contributed by atoms with E-state index in [4.69, 9.17) is 21.3 Å². The van der Waals surface area contributed by atoms with E-state index in [-0.39, 0.29) is 22.2 Å². The molecule has 0 N–H and O–H groups in total. The van der Waals surface area contributed by atoms with Crippen molar-refractivity contribution in [2.75, 3.05) is 18.1 Å². The normalized spacial score (nSPS) is 18.7. The molecule has 198 valence electrons. The van der Waals surface area contributed by atoms with Gasteiger partial charge in [0.2, 0.25) is 5.88 Å². The fraction of sp³-hybridized carbons (Fsp3) is 0.520. The van der Waals surface area contributed by atoms with Gasteiger partial charge in [-0.2, -0.15) is 22.0 Å². The standard InChI is InChI=1S/C25H29ClF5N3O2/c1-5-13-35-20-11-10-19(16(4)32-20)34-12-6-7-14(2)23(34)33-21-15(3)17(8-9-18(21)26)22(25(29,30)31)36-24(27)28/h8-11,14,22,24H,5-7,12-13H2,1-4H3/t14-,22?/m0/s1. The number of aryl methyl sites for hydroxylation is 1. The first-order valence-corrected chi connectivity index (χ1v) is 12.1. The molecule has 1 saturated heterocycles. The molecule has 0 amide bonds. The van der Waals surface area contributed by atoms with Crippen molar-refractivity contribution in [3.8, 4) is 5.88 Å². The van der Waals surface area contributed by atoms with Crippen LogP contribution in [-0.2, 0) is 4.74 Å². The number of ether oxygens (including phenoxy) is 2. The predicted molar refractivity (Wildman–Crippen MR) is 130 cm³/mol. The molecule has 0 spiro atoms. The highest BCUT2D eigenvalue weighted by Gasteiger charge is 2.45. The molecule has 11 heteroatoms. The average Bonchev–Trinajstić information content (AvgIpc) is 2.79. The molecular formula is C25H29ClF5N3O2. The van der Waals surface area contributed by atoms with E-state index in [0.29, 0.717) is 30.6 Å². The predicted octanol–water partition coefficient (Wildman–Crippen LogP) is 7.95. The SMILES string of the molecule is CCCOc1ccc(N2CCC[C@H](C)C2=Nc2c(Cl)ccc(C(OC(F)F)C(F)(F)F)c2C)c(C)n1. The Morgan fingerprint density at radius 3 is 2.53 bits per heavy atom. The summed E-state index contributed by atoms with van der Waals surface area (Å²) < 4.78 is 75.9. The number of hydrogen-bond acceptors (Lipinski definition) is 4. The lowest BCUT2D eigenvalue weighted by Gasteiger charge is -2.35. The van der Waals surface area contributed by atoms with E-state index in [0.717, 1.165) is 31.0 Å². The van der Waals surface area contributed by atoms with Crippen LogP contribution in [-0.4, -0.2) is 36.8 Å². The lowest BCUT2D eigenvalue weighted by atomic mass is 9.96. The Hall–Kier alpha value is -2.46. The molecule has 0 aliphatic carbocycles. The van der Waals surface area contributed by atoms with E-state index in [2.05, 4.69) is 9.72 Å². The molecule has 0 bridgehead atoms. The van der Waals surface area contributed by atoms with E-state index in [1.54, 1.807) is 6.07 Å². The first-order valence-electron chi connectivity index (χ1n) is 11.7. The van der Waals surface area contributed by atoms with Gasteiger partial charge in [-0.3, -0.25) is 0 Å². The number of pyridine rings is 1. The molecule has 3 rings (SSSR count). The van der Waals surface area contributed by atoms with Crippen LogP contribution < -0.4 is 9.64 Å². The number of piperidine rings is 1. The van der Waals surface area contributed by atoms with Gasteiger partial charge in [0, 0.05) is 18.5 Å². The maximum Gasteiger partial charge on any atom is 0.419 e. The van der Waals surface area contributed by atoms with Crippen molar-refractivity contribution in [2.45, 2.75) is 65.8 Å². The fourth-order valence-corrected chi connectivity index (χ4v) is 4.48. The summed E-state index contributed by atoms with van der Waals surface area (Å²) in [6.07, 6.45) is -5.32. The third-order valence-electron chi connectivity index (χ3n) is 5.98. The van der Waals surface area contributed by atoms with Gasteiger partial charge in [0.15, 0.2) is 6.10 Å². The highest BCUT2D eigenvalue weighted by Crippen LogP contribution is 2.43. The van der Waals surface area contributed by atoms with Gasteiger partial charge in [-0.15, -0.1) is 0 Å². The summed E-state index contributed by atoms with van der Waals surface area (Å²) in [5, 5.41) is 0.109. The van der Waals surface area contributed by atoms with Crippen LogP contribution in [0.1, 0.15) is 56.0 Å². The largest absolute Gasteiger partial charge is 0.478 e. The number of amidine groups is 1. The molecule has 1 unspecified atom stereocenters. The minimum atomic E-state index is -5.05. The molecule has 36 heavy (non-hydrogen) atoms. The van der Waals surface area contributed by atoms with Gasteiger partial charge in [0.05, 0.1) is 28.7 Å². The molecule has 2 heterocycles. The molecular weight excluding hydrogens is 505 g/mol. The summed E-state index contributed by atoms with van der Waals surface area (Å²) in [4.78, 5) is 11.2. The molecule has 1 aromatic carbocycles. The minimum absolute atomic E-state index is 0.0221. The number of rotatable bonds is 8. The van der Waals surface area contributed by atoms with Gasteiger partial charge in [-0.1, -0.05) is 31.5 Å². The van der Waals surface area contributed by atoms with Crippen molar-refractivity contribution in [3.63, 3.8) is 0 Å². The Labute approximate surface area is 212 Å². The summed E-state index contributed by atoms with van der Waals surface area (Å²) >= 11 is 6.36. The quantitative estimate of drug-likeness (QED) is 0.323. The van der Waals surface area contributed by atoms with E-state index < -0.39 is 24.5 Å². The Morgan fingerprint density at radius 1 is 1.19 bits per heavy atom. The number of aromatic nitrogens is 1. The topological polar surface area (TPSA) is 47.0 Å². The molecule has 5 nitrogen and oxygen atoms in total. The summed E-state index contributed by atoms with van der Waals surface area (Å²) in [6.45, 7) is 4.75. The zero-order valence-electron chi connectivity index (χ0n) is 20.5. The maximum absolute atomic E-state index is 13.6. The highest BCUT2D eigenvalue weighted by molar-refractivity contribution is 6.33. The Bertz CT molecular complexity index is 1090. The molecule has 2 atom stereocenters. The lowest BCUT2D eigenvalue weighted by molar-refractivity contribution is -0.277. The van der Waals surface area contributed by atoms with Gasteiger partial charge < -0.3 is 14.4 Å². The molecule has 2 aromatic rings. The summed E-state index contributed by atoms with van der Waals surface area (Å²) in [6, 6.07) is 5.92. The van der Waals surface area contributed by atoms with Crippen LogP contribution in [0, 0.1) is 19.8 Å². The van der Waals surface area contributed by atoms with Crippen molar-refractivity contribution in [3.05, 3.63) is 46.1 Å². The van der Waals surface area contributed by atoms with Gasteiger partial charge >= 0.3 is 12.8 Å². The number of alkyl halides is 5. The fourth-order valence-electron chi connectivity index (χ4n) is 4.23. The van der Waals surface area contributed by atoms with Crippen molar-refractivity contribution < 1.29 is 31.4 Å². The lowest BCUT2D eigenvalue weighted by Crippen LogP contribution is -2.41. The van der Waals surface area contributed by atoms with Crippen LogP contribution in [0.25, 0.3) is 0 Å². The van der Waals surface area contributed by atoms with Crippen LogP contribution in [0.3, 0.4) is 0 Å². The first kappa shape index (κ1) is 28.1. The van der Waals surface area contributed by atoms with Crippen LogP contribution in [0.2, 0.25) is 5.02 Å². The zero-order valence-corrected chi connectivity index (χ0v) is 21.3. The average molecular weight is 534 g/mol. The second-order valence-corrected chi connectivity index (χ2v) is 9.10. The summed E-state index contributed by atoms with van der Waals surface area (Å²) in [5.41, 5.74) is 1.15. The number of benzene rings is 1. The Balaban J connectivity index is 2.08. The third kappa shape index (κ3) is 6.45. The maximum atomic E-state index is 13.6. The van der Waals surface area contributed by atoms with Crippen molar-refractivity contribution in [2.24, 2.45) is 10.9 Å². The van der Waals surface area contributed by atoms with E-state index in [1.165, 1.54) is 13.0 Å². The van der Waals surface area contributed by atoms with E-state index in [1.807, 2.05) is 31.7 Å². The number of nitrogens with zero attached hydrogens (tertiary/aromatic N) is 3. The van der Waals surface area contributed by atoms with Crippen molar-refractivity contribution in [1.82, 2.24) is 4.98 Å². The highest BCUT2D eigenvalue weighted by atomic mass is 35.5. The minimum Gasteiger partial charge on any atom is -0.478 e. The van der Waals surface area contributed by atoms with Crippen molar-refractivity contribution in [1.29, 1.82) is 0 Å². The molecule has 1 aromatic heterocycles. The first-order chi connectivity index (χ1) is 16.9. The second kappa shape index (κ2) is 11.7. The van der Waals surface area contributed by atoms with Gasteiger partial charge in [-0.05, 0) is 56.4 Å². The smallest absolute Gasteiger partial charge is 0.419 e. The molecule has 1 aliphatic heterocycles. The number of anilines is 1. The van der Waals surface area contributed by atoms with Gasteiger partial charge in [0.1, 0.15) is 5.84 Å². The molecule has 0 saturated carbocycles. The Kier molecular flexibility index (Phi) is 9.16. The van der Waals surface area contributed by atoms with Gasteiger partial charge in [0.25, 0.3) is 0 Å². The summed E-state index contributed by atoms with van der Waals surface area (Å²) in [7, 11) is 0. The number of hydrogen-bond donors (Lipinski definition) is 0. The third-order valence-corrected chi connectivity index (χ3v) is 6.29. The number of aliphatic imine (C=N–C) groups is 1.